The van der Waals surface area contributed by atoms with Crippen LogP contribution in [-0.4, -0.2) is 11.1 Å². The molecule has 0 aliphatic rings. The second kappa shape index (κ2) is 4.07. The molecule has 5 heteroatoms. The van der Waals surface area contributed by atoms with E-state index in [1.54, 1.807) is 13.8 Å². The summed E-state index contributed by atoms with van der Waals surface area (Å²) in [6.45, 7) is 3.52. The Morgan fingerprint density at radius 3 is 2.41 bits per heavy atom. The normalized spacial score (nSPS) is 11.4. The summed E-state index contributed by atoms with van der Waals surface area (Å²) < 4.78 is 27.3. The van der Waals surface area contributed by atoms with Gasteiger partial charge in [-0.3, -0.25) is 0 Å². The van der Waals surface area contributed by atoms with Crippen LogP contribution in [0.1, 0.15) is 35.0 Å². The molecule has 1 N–H and O–H groups in total. The topological polar surface area (TPSA) is 37.3 Å². The molecule has 17 heavy (non-hydrogen) atoms. The number of hydrogen-bond donors (Lipinski definition) is 1. The van der Waals surface area contributed by atoms with Crippen molar-refractivity contribution in [2.24, 2.45) is 0 Å². The average molecular weight is 256 g/mol. The predicted molar refractivity (Wildman–Crippen MR) is 62.8 cm³/mol. The zero-order valence-electron chi connectivity index (χ0n) is 9.25. The number of thiophene rings is 1. The van der Waals surface area contributed by atoms with E-state index in [0.717, 1.165) is 23.5 Å². The largest absolute Gasteiger partial charge is 0.477 e. The highest BCUT2D eigenvalue weighted by atomic mass is 32.1. The number of aromatic carboxylic acids is 1. The van der Waals surface area contributed by atoms with Crippen LogP contribution in [0.4, 0.5) is 8.78 Å². The summed E-state index contributed by atoms with van der Waals surface area (Å²) in [5.41, 5.74) is 0.370. The van der Waals surface area contributed by atoms with Crippen molar-refractivity contribution in [2.45, 2.75) is 19.8 Å². The maximum absolute atomic E-state index is 13.7. The zero-order valence-corrected chi connectivity index (χ0v) is 10.1. The van der Waals surface area contributed by atoms with Crippen LogP contribution in [0.3, 0.4) is 0 Å². The molecule has 0 aliphatic heterocycles. The molecule has 0 atom stereocenters. The first kappa shape index (κ1) is 12.0. The summed E-state index contributed by atoms with van der Waals surface area (Å²) >= 11 is 0.787. The van der Waals surface area contributed by atoms with Crippen molar-refractivity contribution in [3.63, 3.8) is 0 Å². The lowest BCUT2D eigenvalue weighted by Gasteiger charge is -2.05. The number of fused-ring (bicyclic) bond motifs is 1. The second-order valence-corrected chi connectivity index (χ2v) is 5.06. The smallest absolute Gasteiger partial charge is 0.346 e. The van der Waals surface area contributed by atoms with E-state index in [-0.39, 0.29) is 20.9 Å². The molecule has 1 heterocycles. The summed E-state index contributed by atoms with van der Waals surface area (Å²) in [6, 6.07) is 2.05. The molecule has 0 saturated carbocycles. The van der Waals surface area contributed by atoms with Crippen molar-refractivity contribution in [3.8, 4) is 0 Å². The van der Waals surface area contributed by atoms with Crippen LogP contribution in [0.15, 0.2) is 12.1 Å². The summed E-state index contributed by atoms with van der Waals surface area (Å²) in [5, 5.41) is 9.16. The van der Waals surface area contributed by atoms with Gasteiger partial charge < -0.3 is 5.11 Å². The van der Waals surface area contributed by atoms with Gasteiger partial charge in [0.05, 0.1) is 4.70 Å². The van der Waals surface area contributed by atoms with Gasteiger partial charge in [-0.1, -0.05) is 13.8 Å². The fraction of sp³-hybridized carbons (Fsp3) is 0.250. The first-order chi connectivity index (χ1) is 7.93. The molecule has 90 valence electrons. The third-order valence-corrected chi connectivity index (χ3v) is 3.75. The average Bonchev–Trinajstić information content (AvgIpc) is 2.64. The van der Waals surface area contributed by atoms with Crippen molar-refractivity contribution in [3.05, 3.63) is 34.2 Å². The molecule has 0 amide bonds. The predicted octanol–water partition coefficient (Wildman–Crippen LogP) is 4.00. The van der Waals surface area contributed by atoms with E-state index in [0.29, 0.717) is 5.56 Å². The standard InChI is InChI=1S/C12H10F2O2S/c1-5(2)8-9-6(13)3-4-7(14)10(9)17-11(8)12(15)16/h3-5H,1-2H3,(H,15,16). The second-order valence-electron chi connectivity index (χ2n) is 4.04. The third kappa shape index (κ3) is 1.80. The van der Waals surface area contributed by atoms with Gasteiger partial charge in [-0.25, -0.2) is 13.6 Å². The van der Waals surface area contributed by atoms with Crippen LogP contribution >= 0.6 is 11.3 Å². The van der Waals surface area contributed by atoms with Gasteiger partial charge in [0.25, 0.3) is 0 Å². The van der Waals surface area contributed by atoms with Crippen LogP contribution in [0.25, 0.3) is 10.1 Å². The van der Waals surface area contributed by atoms with Crippen molar-refractivity contribution >= 4 is 27.4 Å². The Bertz CT molecular complexity index is 602. The minimum Gasteiger partial charge on any atom is -0.477 e. The van der Waals surface area contributed by atoms with E-state index in [1.807, 2.05) is 0 Å². The zero-order chi connectivity index (χ0) is 12.7. The van der Waals surface area contributed by atoms with Gasteiger partial charge in [0, 0.05) is 5.39 Å². The highest BCUT2D eigenvalue weighted by Crippen LogP contribution is 2.38. The SMILES string of the molecule is CC(C)c1c(C(=O)O)sc2c(F)ccc(F)c12. The number of carboxylic acids is 1. The Morgan fingerprint density at radius 2 is 1.88 bits per heavy atom. The molecule has 0 aliphatic carbocycles. The van der Waals surface area contributed by atoms with E-state index in [1.165, 1.54) is 0 Å². The molecule has 0 fully saturated rings. The maximum atomic E-state index is 13.7. The first-order valence-corrected chi connectivity index (χ1v) is 5.88. The molecule has 0 saturated heterocycles. The Morgan fingerprint density at radius 1 is 1.29 bits per heavy atom. The third-order valence-electron chi connectivity index (χ3n) is 2.55. The van der Waals surface area contributed by atoms with E-state index >= 15 is 0 Å². The minimum absolute atomic E-state index is 0.0130. The maximum Gasteiger partial charge on any atom is 0.346 e. The van der Waals surface area contributed by atoms with Crippen LogP contribution in [-0.2, 0) is 0 Å². The highest BCUT2D eigenvalue weighted by Gasteiger charge is 2.24. The molecule has 0 bridgehead atoms. The van der Waals surface area contributed by atoms with E-state index < -0.39 is 17.6 Å². The first-order valence-electron chi connectivity index (χ1n) is 5.07. The van der Waals surface area contributed by atoms with Crippen LogP contribution < -0.4 is 0 Å². The Kier molecular flexibility index (Phi) is 2.87. The minimum atomic E-state index is -1.14. The van der Waals surface area contributed by atoms with Gasteiger partial charge in [0.1, 0.15) is 16.5 Å². The molecular weight excluding hydrogens is 246 g/mol. The summed E-state index contributed by atoms with van der Waals surface area (Å²) in [5.74, 6) is -2.48. The van der Waals surface area contributed by atoms with Gasteiger partial charge in [-0.15, -0.1) is 11.3 Å². The molecule has 1 aromatic carbocycles. The van der Waals surface area contributed by atoms with E-state index in [4.69, 9.17) is 5.11 Å². The quantitative estimate of drug-likeness (QED) is 0.881. The Balaban J connectivity index is 2.95. The Labute approximate surface area is 101 Å². The van der Waals surface area contributed by atoms with Gasteiger partial charge >= 0.3 is 5.97 Å². The Hall–Kier alpha value is -1.49. The van der Waals surface area contributed by atoms with Crippen molar-refractivity contribution in [1.82, 2.24) is 0 Å². The molecule has 2 aromatic rings. The number of carbonyl (C=O) groups is 1. The van der Waals surface area contributed by atoms with Gasteiger partial charge in [0.15, 0.2) is 0 Å². The van der Waals surface area contributed by atoms with Crippen LogP contribution in [0.2, 0.25) is 0 Å². The molecule has 0 radical (unpaired) electrons. The van der Waals surface area contributed by atoms with E-state index in [9.17, 15) is 13.6 Å². The lowest BCUT2D eigenvalue weighted by Crippen LogP contribution is -1.99. The number of halogens is 2. The van der Waals surface area contributed by atoms with Crippen molar-refractivity contribution < 1.29 is 18.7 Å². The van der Waals surface area contributed by atoms with Gasteiger partial charge in [-0.05, 0) is 23.6 Å². The monoisotopic (exact) mass is 256 g/mol. The van der Waals surface area contributed by atoms with Gasteiger partial charge in [-0.2, -0.15) is 0 Å². The number of benzene rings is 1. The van der Waals surface area contributed by atoms with Crippen LogP contribution in [0, 0.1) is 11.6 Å². The molecule has 0 unspecified atom stereocenters. The summed E-state index contributed by atoms with van der Waals surface area (Å²) in [6.07, 6.45) is 0. The van der Waals surface area contributed by atoms with Crippen LogP contribution in [0.5, 0.6) is 0 Å². The van der Waals surface area contributed by atoms with Crippen molar-refractivity contribution in [1.29, 1.82) is 0 Å². The summed E-state index contributed by atoms with van der Waals surface area (Å²) in [4.78, 5) is 11.1. The van der Waals surface area contributed by atoms with E-state index in [2.05, 4.69) is 0 Å². The summed E-state index contributed by atoms with van der Waals surface area (Å²) in [7, 11) is 0. The molecular formula is C12H10F2O2S. The molecule has 1 aromatic heterocycles. The van der Waals surface area contributed by atoms with Crippen molar-refractivity contribution in [2.75, 3.05) is 0 Å². The lowest BCUT2D eigenvalue weighted by atomic mass is 9.99. The fourth-order valence-corrected chi connectivity index (χ4v) is 3.08. The number of rotatable bonds is 2. The molecule has 0 spiro atoms. The number of hydrogen-bond acceptors (Lipinski definition) is 2. The lowest BCUT2D eigenvalue weighted by molar-refractivity contribution is 0.0701. The molecule has 2 rings (SSSR count). The fourth-order valence-electron chi connectivity index (χ4n) is 1.86. The highest BCUT2D eigenvalue weighted by molar-refractivity contribution is 7.21. The molecule has 2 nitrogen and oxygen atoms in total. The van der Waals surface area contributed by atoms with Gasteiger partial charge in [0.2, 0.25) is 0 Å². The number of carboxylic acid groups (broad SMARTS) is 1.